The number of aliphatic hydroxyl groups excluding tert-OH is 1. The third-order valence-corrected chi connectivity index (χ3v) is 20.6. The van der Waals surface area contributed by atoms with Gasteiger partial charge in [-0.05, 0) is 136 Å². The zero-order valence-corrected chi connectivity index (χ0v) is 46.7. The van der Waals surface area contributed by atoms with Crippen molar-refractivity contribution in [3.8, 4) is 0 Å². The fourth-order valence-corrected chi connectivity index (χ4v) is 17.6. The molecule has 1 heterocycles. The van der Waals surface area contributed by atoms with E-state index in [-0.39, 0.29) is 50.0 Å². The van der Waals surface area contributed by atoms with E-state index in [9.17, 15) is 0 Å². The molecule has 2 nitrogen and oxygen atoms in total. The van der Waals surface area contributed by atoms with Gasteiger partial charge in [0.05, 0.1) is 0 Å². The van der Waals surface area contributed by atoms with E-state index in [4.69, 9.17) is 9.84 Å². The molecule has 9 rings (SSSR count). The van der Waals surface area contributed by atoms with Gasteiger partial charge in [-0.2, -0.15) is 0 Å². The average molecular weight is 1070 g/mol. The van der Waals surface area contributed by atoms with Gasteiger partial charge in [0.2, 0.25) is 0 Å². The Hall–Kier alpha value is -0.821. The molecule has 4 aromatic carbocycles. The summed E-state index contributed by atoms with van der Waals surface area (Å²) in [6.45, 7) is 16.0. The summed E-state index contributed by atoms with van der Waals surface area (Å²) in [7, 11) is -0.448. The number of benzene rings is 4. The summed E-state index contributed by atoms with van der Waals surface area (Å²) in [5.41, 5.74) is 1.70. The Morgan fingerprint density at radius 3 is 1.05 bits per heavy atom. The second-order valence-corrected chi connectivity index (χ2v) is 24.9. The van der Waals surface area contributed by atoms with Crippen LogP contribution < -0.4 is 21.2 Å². The molecule has 0 bridgehead atoms. The van der Waals surface area contributed by atoms with Gasteiger partial charge in [-0.15, -0.1) is 0 Å². The predicted octanol–water partition coefficient (Wildman–Crippen LogP) is 15.6. The largest absolute Gasteiger partial charge is 0.396 e. The summed E-state index contributed by atoms with van der Waals surface area (Å²) in [6.07, 6.45) is 23.4. The van der Waals surface area contributed by atoms with Crippen LogP contribution in [0.3, 0.4) is 0 Å². The van der Waals surface area contributed by atoms with Gasteiger partial charge in [0.1, 0.15) is 0 Å². The van der Waals surface area contributed by atoms with Gasteiger partial charge >= 0.3 is 0 Å². The molecule has 1 saturated heterocycles. The van der Waals surface area contributed by atoms with Gasteiger partial charge in [-0.1, -0.05) is 230 Å². The van der Waals surface area contributed by atoms with Crippen molar-refractivity contribution in [2.45, 2.75) is 167 Å². The average Bonchev–Trinajstić information content (AvgIpc) is 4.16. The van der Waals surface area contributed by atoms with E-state index >= 15 is 0 Å². The number of rotatable bonds is 11. The molecule has 0 aromatic heterocycles. The fourth-order valence-electron chi connectivity index (χ4n) is 10.3. The Morgan fingerprint density at radius 1 is 0.492 bits per heavy atom. The number of ether oxygens (including phenoxy) is 1. The topological polar surface area (TPSA) is 29.5 Å². The fraction of sp³-hybridized carbons (Fsp3) is 0.586. The Bertz CT molecular complexity index is 1480. The van der Waals surface area contributed by atoms with Gasteiger partial charge < -0.3 is 9.84 Å². The summed E-state index contributed by atoms with van der Waals surface area (Å²) in [5.74, 6) is 4.33. The maximum Gasteiger partial charge on any atom is 0.0488 e. The molecule has 65 heavy (non-hydrogen) atoms. The number of hydrogen-bond acceptors (Lipinski definition) is 2. The smallest absolute Gasteiger partial charge is 0.0488 e. The van der Waals surface area contributed by atoms with E-state index in [0.717, 1.165) is 65.4 Å². The SMILES string of the molecule is BrC1CCCC1.C1COC1.CC.CC(C)C1CCCC1P(c1ccccc1)c1ccccc1.CC(C)C1CCCC1P(c1ccccc1)c1ccccc1.OCCCC1CCCC1.[Fe].[Fe]. The van der Waals surface area contributed by atoms with Crippen LogP contribution in [0.5, 0.6) is 0 Å². The molecule has 4 aliphatic carbocycles. The van der Waals surface area contributed by atoms with E-state index in [0.29, 0.717) is 6.61 Å². The van der Waals surface area contributed by atoms with Gasteiger partial charge in [0.15, 0.2) is 0 Å². The van der Waals surface area contributed by atoms with Gasteiger partial charge in [-0.3, -0.25) is 0 Å². The van der Waals surface area contributed by atoms with Crippen LogP contribution in [0.1, 0.15) is 151 Å². The van der Waals surface area contributed by atoms with E-state index in [1.165, 1.54) is 103 Å². The minimum absolute atomic E-state index is 0. The molecule has 1 N–H and O–H groups in total. The van der Waals surface area contributed by atoms with Gasteiger partial charge in [0.25, 0.3) is 0 Å². The van der Waals surface area contributed by atoms with Crippen molar-refractivity contribution in [3.63, 3.8) is 0 Å². The molecule has 4 atom stereocenters. The molecule has 4 aromatic rings. The normalized spacial score (nSPS) is 21.1. The van der Waals surface area contributed by atoms with Crippen LogP contribution in [0.15, 0.2) is 121 Å². The van der Waals surface area contributed by atoms with Crippen molar-refractivity contribution in [2.75, 3.05) is 19.8 Å². The van der Waals surface area contributed by atoms with Crippen LogP contribution in [0, 0.1) is 29.6 Å². The van der Waals surface area contributed by atoms with E-state index < -0.39 is 0 Å². The molecular formula is C58H87BrFe2O2P2. The van der Waals surface area contributed by atoms with Crippen molar-refractivity contribution in [3.05, 3.63) is 121 Å². The molecule has 4 unspecified atom stereocenters. The van der Waals surface area contributed by atoms with E-state index in [2.05, 4.69) is 165 Å². The van der Waals surface area contributed by atoms with Crippen LogP contribution in [0.4, 0.5) is 0 Å². The minimum Gasteiger partial charge on any atom is -0.396 e. The van der Waals surface area contributed by atoms with E-state index in [1.807, 2.05) is 13.8 Å². The summed E-state index contributed by atoms with van der Waals surface area (Å²) >= 11 is 3.54. The maximum atomic E-state index is 8.53. The van der Waals surface area contributed by atoms with Crippen LogP contribution in [-0.2, 0) is 38.9 Å². The third-order valence-electron chi connectivity index (χ3n) is 13.7. The number of halogens is 1. The van der Waals surface area contributed by atoms with Crippen LogP contribution in [-0.4, -0.2) is 41.1 Å². The van der Waals surface area contributed by atoms with E-state index in [1.54, 1.807) is 21.2 Å². The predicted molar refractivity (Wildman–Crippen MR) is 286 cm³/mol. The van der Waals surface area contributed by atoms with Crippen molar-refractivity contribution in [1.82, 2.24) is 0 Å². The molecule has 1 aliphatic heterocycles. The monoisotopic (exact) mass is 1070 g/mol. The summed E-state index contributed by atoms with van der Waals surface area (Å²) in [5, 5.41) is 14.7. The van der Waals surface area contributed by atoms with Crippen molar-refractivity contribution >= 4 is 53.0 Å². The maximum absolute atomic E-state index is 8.53. The number of alkyl halides is 1. The Kier molecular flexibility index (Phi) is 33.6. The molecule has 0 spiro atoms. The second kappa shape index (κ2) is 36.2. The van der Waals surface area contributed by atoms with Crippen LogP contribution in [0.2, 0.25) is 0 Å². The number of hydrogen-bond donors (Lipinski definition) is 1. The molecule has 0 radical (unpaired) electrons. The standard InChI is InChI=1S/2C20H25P.C8H16O.C5H9Br.C3H6O.C2H6.2Fe/c2*1-16(2)19-14-9-15-20(19)21(17-10-5-3-6-11-17)18-12-7-4-8-13-18;9-7-3-6-8-4-1-2-5-8;6-5-3-1-2-4-5;1-2-4-3-1;1-2;;/h2*3-8,10-13,16,19-20H,9,14-15H2,1-2H3;8-9H,1-7H2;5H,1-4H2;1-3H2;1-2H3;;. The first-order valence-electron chi connectivity index (χ1n) is 25.5. The first-order chi connectivity index (χ1) is 30.9. The van der Waals surface area contributed by atoms with Gasteiger partial charge in [0, 0.05) is 58.8 Å². The molecule has 5 aliphatic rings. The first kappa shape index (κ1) is 60.3. The number of aliphatic hydroxyl groups is 1. The Labute approximate surface area is 431 Å². The molecular weight excluding hydrogens is 982 g/mol. The van der Waals surface area contributed by atoms with Crippen LogP contribution in [0.25, 0.3) is 0 Å². The summed E-state index contributed by atoms with van der Waals surface area (Å²) in [6, 6.07) is 44.9. The zero-order valence-electron chi connectivity index (χ0n) is 41.1. The van der Waals surface area contributed by atoms with Gasteiger partial charge in [-0.25, -0.2) is 0 Å². The quantitative estimate of drug-likeness (QED) is 0.0921. The van der Waals surface area contributed by atoms with Crippen molar-refractivity contribution < 1.29 is 44.0 Å². The molecule has 5 fully saturated rings. The second-order valence-electron chi connectivity index (χ2n) is 18.8. The molecule has 0 amide bonds. The van der Waals surface area contributed by atoms with Crippen molar-refractivity contribution in [2.24, 2.45) is 29.6 Å². The molecule has 4 saturated carbocycles. The first-order valence-corrected chi connectivity index (χ1v) is 29.2. The summed E-state index contributed by atoms with van der Waals surface area (Å²) in [4.78, 5) is 0.859. The molecule has 364 valence electrons. The Balaban J connectivity index is 0.000000306. The zero-order chi connectivity index (χ0) is 45.1. The Morgan fingerprint density at radius 2 is 0.800 bits per heavy atom. The van der Waals surface area contributed by atoms with Crippen LogP contribution >= 0.6 is 31.8 Å². The van der Waals surface area contributed by atoms with Crippen molar-refractivity contribution in [1.29, 1.82) is 0 Å². The minimum atomic E-state index is -0.224. The third kappa shape index (κ3) is 21.4. The summed E-state index contributed by atoms with van der Waals surface area (Å²) < 4.78 is 4.72. The molecule has 7 heteroatoms.